The van der Waals surface area contributed by atoms with E-state index >= 15 is 0 Å². The number of pyridine rings is 1. The van der Waals surface area contributed by atoms with E-state index in [1.54, 1.807) is 27.5 Å². The van der Waals surface area contributed by atoms with Gasteiger partial charge in [-0.1, -0.05) is 12.1 Å². The highest BCUT2D eigenvalue weighted by Gasteiger charge is 2.06. The Balaban J connectivity index is 0.00000364. The summed E-state index contributed by atoms with van der Waals surface area (Å²) < 4.78 is 15.9. The molecule has 2 N–H and O–H groups in total. The minimum Gasteiger partial charge on any atom is -0.493 e. The zero-order chi connectivity index (χ0) is 18.8. The summed E-state index contributed by atoms with van der Waals surface area (Å²) in [5.74, 6) is 2.72. The molecule has 148 valence electrons. The molecule has 2 aromatic rings. The third-order valence-electron chi connectivity index (χ3n) is 3.70. The Morgan fingerprint density at radius 1 is 1.04 bits per heavy atom. The van der Waals surface area contributed by atoms with Gasteiger partial charge in [0.2, 0.25) is 5.88 Å². The number of ether oxygens (including phenoxy) is 3. The molecular weight excluding hydrogens is 459 g/mol. The molecule has 0 atom stereocenters. The summed E-state index contributed by atoms with van der Waals surface area (Å²) in [5, 5.41) is 6.53. The van der Waals surface area contributed by atoms with Crippen molar-refractivity contribution in [1.82, 2.24) is 15.6 Å². The van der Waals surface area contributed by atoms with Gasteiger partial charge in [0.05, 0.1) is 27.9 Å². The van der Waals surface area contributed by atoms with E-state index < -0.39 is 0 Å². The van der Waals surface area contributed by atoms with E-state index in [4.69, 9.17) is 14.2 Å². The number of guanidine groups is 1. The van der Waals surface area contributed by atoms with E-state index in [1.807, 2.05) is 37.3 Å². The lowest BCUT2D eigenvalue weighted by atomic mass is 10.2. The molecule has 0 saturated carbocycles. The number of aromatic nitrogens is 1. The molecule has 0 aliphatic rings. The first kappa shape index (κ1) is 22.8. The van der Waals surface area contributed by atoms with Crippen LogP contribution in [0.15, 0.2) is 41.5 Å². The lowest BCUT2D eigenvalue weighted by Crippen LogP contribution is -2.36. The average Bonchev–Trinajstić information content (AvgIpc) is 2.69. The van der Waals surface area contributed by atoms with Gasteiger partial charge in [0.15, 0.2) is 17.5 Å². The molecule has 0 aliphatic carbocycles. The SMILES string of the molecule is CCNC(=NCc1ccc(OC)c(OC)c1)NCc1cccnc1OC.I. The van der Waals surface area contributed by atoms with Crippen molar-refractivity contribution in [2.75, 3.05) is 27.9 Å². The number of nitrogens with zero attached hydrogens (tertiary/aromatic N) is 2. The van der Waals surface area contributed by atoms with Gasteiger partial charge in [0, 0.05) is 24.8 Å². The maximum atomic E-state index is 5.34. The zero-order valence-corrected chi connectivity index (χ0v) is 18.4. The summed E-state index contributed by atoms with van der Waals surface area (Å²) in [4.78, 5) is 8.82. The van der Waals surface area contributed by atoms with Gasteiger partial charge in [-0.3, -0.25) is 0 Å². The molecule has 8 heteroatoms. The second kappa shape index (κ2) is 12.2. The van der Waals surface area contributed by atoms with Crippen molar-refractivity contribution in [3.63, 3.8) is 0 Å². The minimum atomic E-state index is 0. The number of rotatable bonds is 8. The third kappa shape index (κ3) is 6.78. The Labute approximate surface area is 177 Å². The first-order valence-electron chi connectivity index (χ1n) is 8.42. The van der Waals surface area contributed by atoms with Crippen molar-refractivity contribution in [2.24, 2.45) is 4.99 Å². The molecule has 0 unspecified atom stereocenters. The minimum absolute atomic E-state index is 0. The van der Waals surface area contributed by atoms with E-state index in [2.05, 4.69) is 20.6 Å². The van der Waals surface area contributed by atoms with E-state index in [1.165, 1.54) is 0 Å². The van der Waals surface area contributed by atoms with Crippen LogP contribution in [0.25, 0.3) is 0 Å². The van der Waals surface area contributed by atoms with E-state index in [0.717, 1.165) is 17.7 Å². The van der Waals surface area contributed by atoms with Crippen molar-refractivity contribution in [1.29, 1.82) is 0 Å². The molecular formula is C19H27IN4O3. The Morgan fingerprint density at radius 3 is 2.48 bits per heavy atom. The molecule has 0 aliphatic heterocycles. The number of aliphatic imine (C=N–C) groups is 1. The molecule has 0 bridgehead atoms. The maximum Gasteiger partial charge on any atom is 0.218 e. The van der Waals surface area contributed by atoms with Crippen LogP contribution in [-0.2, 0) is 13.1 Å². The molecule has 7 nitrogen and oxygen atoms in total. The van der Waals surface area contributed by atoms with Crippen molar-refractivity contribution >= 4 is 29.9 Å². The fourth-order valence-corrected chi connectivity index (χ4v) is 2.41. The number of methoxy groups -OCH3 is 3. The van der Waals surface area contributed by atoms with Gasteiger partial charge < -0.3 is 24.8 Å². The predicted molar refractivity (Wildman–Crippen MR) is 117 cm³/mol. The van der Waals surface area contributed by atoms with Crippen molar-refractivity contribution in [2.45, 2.75) is 20.0 Å². The summed E-state index contributed by atoms with van der Waals surface area (Å²) in [6.45, 7) is 3.87. The smallest absolute Gasteiger partial charge is 0.218 e. The highest BCUT2D eigenvalue weighted by atomic mass is 127. The third-order valence-corrected chi connectivity index (χ3v) is 3.70. The van der Waals surface area contributed by atoms with Crippen LogP contribution >= 0.6 is 24.0 Å². The summed E-state index contributed by atoms with van der Waals surface area (Å²) >= 11 is 0. The van der Waals surface area contributed by atoms with Gasteiger partial charge in [0.25, 0.3) is 0 Å². The molecule has 1 heterocycles. The van der Waals surface area contributed by atoms with Crippen molar-refractivity contribution < 1.29 is 14.2 Å². The molecule has 0 saturated heterocycles. The summed E-state index contributed by atoms with van der Waals surface area (Å²) in [7, 11) is 4.86. The van der Waals surface area contributed by atoms with Crippen molar-refractivity contribution in [3.8, 4) is 17.4 Å². The first-order chi connectivity index (χ1) is 12.7. The first-order valence-corrected chi connectivity index (χ1v) is 8.42. The molecule has 27 heavy (non-hydrogen) atoms. The zero-order valence-electron chi connectivity index (χ0n) is 16.1. The molecule has 0 amide bonds. The van der Waals surface area contributed by atoms with Crippen LogP contribution in [0.3, 0.4) is 0 Å². The quantitative estimate of drug-likeness (QED) is 0.340. The largest absolute Gasteiger partial charge is 0.493 e. The van der Waals surface area contributed by atoms with Crippen LogP contribution in [0, 0.1) is 0 Å². The number of benzene rings is 1. The predicted octanol–water partition coefficient (Wildman–Crippen LogP) is 2.98. The number of nitrogens with one attached hydrogen (secondary N) is 2. The Hall–Kier alpha value is -2.23. The van der Waals surface area contributed by atoms with Gasteiger partial charge in [0.1, 0.15) is 0 Å². The molecule has 1 aromatic heterocycles. The fraction of sp³-hybridized carbons (Fsp3) is 0.368. The van der Waals surface area contributed by atoms with Gasteiger partial charge in [-0.05, 0) is 30.7 Å². The second-order valence-electron chi connectivity index (χ2n) is 5.41. The van der Waals surface area contributed by atoms with Crippen LogP contribution in [0.5, 0.6) is 17.4 Å². The highest BCUT2D eigenvalue weighted by molar-refractivity contribution is 14.0. The highest BCUT2D eigenvalue weighted by Crippen LogP contribution is 2.27. The van der Waals surface area contributed by atoms with Crippen LogP contribution in [-0.4, -0.2) is 38.8 Å². The number of hydrogen-bond acceptors (Lipinski definition) is 5. The Bertz CT molecular complexity index is 741. The van der Waals surface area contributed by atoms with E-state index in [0.29, 0.717) is 36.4 Å². The van der Waals surface area contributed by atoms with Gasteiger partial charge in [-0.15, -0.1) is 24.0 Å². The molecule has 0 spiro atoms. The van der Waals surface area contributed by atoms with Gasteiger partial charge >= 0.3 is 0 Å². The Kier molecular flexibility index (Phi) is 10.3. The van der Waals surface area contributed by atoms with Crippen LogP contribution in [0.4, 0.5) is 0 Å². The summed E-state index contributed by atoms with van der Waals surface area (Å²) in [6.07, 6.45) is 1.71. The number of halogens is 1. The van der Waals surface area contributed by atoms with E-state index in [9.17, 15) is 0 Å². The topological polar surface area (TPSA) is 77.0 Å². The monoisotopic (exact) mass is 486 g/mol. The maximum absolute atomic E-state index is 5.34. The van der Waals surface area contributed by atoms with Gasteiger partial charge in [-0.25, -0.2) is 9.98 Å². The second-order valence-corrected chi connectivity index (χ2v) is 5.41. The van der Waals surface area contributed by atoms with Gasteiger partial charge in [-0.2, -0.15) is 0 Å². The van der Waals surface area contributed by atoms with E-state index in [-0.39, 0.29) is 24.0 Å². The number of hydrogen-bond donors (Lipinski definition) is 2. The van der Waals surface area contributed by atoms with Crippen LogP contribution in [0.2, 0.25) is 0 Å². The molecule has 0 radical (unpaired) electrons. The fourth-order valence-electron chi connectivity index (χ4n) is 2.41. The molecule has 0 fully saturated rings. The van der Waals surface area contributed by atoms with Crippen molar-refractivity contribution in [3.05, 3.63) is 47.7 Å². The Morgan fingerprint density at radius 2 is 1.81 bits per heavy atom. The summed E-state index contributed by atoms with van der Waals surface area (Å²) in [5.41, 5.74) is 1.99. The average molecular weight is 486 g/mol. The van der Waals surface area contributed by atoms with Crippen LogP contribution < -0.4 is 24.8 Å². The standard InChI is InChI=1S/C19H26N4O3.HI/c1-5-20-19(23-13-15-7-6-10-21-18(15)26-4)22-12-14-8-9-16(24-2)17(11-14)25-3;/h6-11H,5,12-13H2,1-4H3,(H2,20,22,23);1H. The normalized spacial score (nSPS) is 10.6. The molecule has 1 aromatic carbocycles. The molecule has 2 rings (SSSR count). The lowest BCUT2D eigenvalue weighted by molar-refractivity contribution is 0.354. The lowest BCUT2D eigenvalue weighted by Gasteiger charge is -2.13. The van der Waals surface area contributed by atoms with Crippen LogP contribution in [0.1, 0.15) is 18.1 Å². The summed E-state index contributed by atoms with van der Waals surface area (Å²) in [6, 6.07) is 9.63.